The Morgan fingerprint density at radius 1 is 1.79 bits per heavy atom. The van der Waals surface area contributed by atoms with Crippen molar-refractivity contribution in [3.05, 3.63) is 17.5 Å². The largest absolute Gasteiger partial charge is 0.481 e. The lowest BCUT2D eigenvalue weighted by Gasteiger charge is -2.11. The number of hydrogen-bond donors (Lipinski definition) is 2. The first-order valence-corrected chi connectivity index (χ1v) is 4.42. The van der Waals surface area contributed by atoms with Crippen LogP contribution < -0.4 is 5.32 Å². The van der Waals surface area contributed by atoms with Gasteiger partial charge in [0.25, 0.3) is 0 Å². The number of aliphatic carboxylic acids is 1. The molecule has 6 heteroatoms. The zero-order valence-corrected chi connectivity index (χ0v) is 8.32. The molecule has 0 aromatic carbocycles. The van der Waals surface area contributed by atoms with Crippen molar-refractivity contribution in [2.24, 2.45) is 0 Å². The predicted octanol–water partition coefficient (Wildman–Crippen LogP) is 1.41. The minimum atomic E-state index is -0.856. The molecule has 0 aliphatic heterocycles. The van der Waals surface area contributed by atoms with Crippen LogP contribution in [0.2, 0.25) is 5.28 Å². The van der Waals surface area contributed by atoms with Crippen molar-refractivity contribution < 1.29 is 9.90 Å². The minimum Gasteiger partial charge on any atom is -0.481 e. The summed E-state index contributed by atoms with van der Waals surface area (Å²) in [5.74, 6) is -0.330. The lowest BCUT2D eigenvalue weighted by Crippen LogP contribution is -2.19. The van der Waals surface area contributed by atoms with Gasteiger partial charge in [0.1, 0.15) is 5.82 Å². The molecule has 76 valence electrons. The molecular formula is C8H10ClN3O2. The zero-order chi connectivity index (χ0) is 10.6. The van der Waals surface area contributed by atoms with Crippen LogP contribution in [0, 0.1) is 0 Å². The van der Waals surface area contributed by atoms with Crippen LogP contribution >= 0.6 is 11.6 Å². The summed E-state index contributed by atoms with van der Waals surface area (Å²) in [6.07, 6.45) is 1.53. The van der Waals surface area contributed by atoms with Gasteiger partial charge in [-0.05, 0) is 24.6 Å². The summed E-state index contributed by atoms with van der Waals surface area (Å²) < 4.78 is 0. The topological polar surface area (TPSA) is 75.1 Å². The molecule has 14 heavy (non-hydrogen) atoms. The van der Waals surface area contributed by atoms with Crippen LogP contribution in [0.3, 0.4) is 0 Å². The van der Waals surface area contributed by atoms with Crippen LogP contribution in [0.15, 0.2) is 12.3 Å². The van der Waals surface area contributed by atoms with E-state index in [2.05, 4.69) is 15.3 Å². The second kappa shape index (κ2) is 4.76. The van der Waals surface area contributed by atoms with E-state index in [-0.39, 0.29) is 17.7 Å². The Kier molecular flexibility index (Phi) is 3.64. The van der Waals surface area contributed by atoms with E-state index in [9.17, 15) is 4.79 Å². The zero-order valence-electron chi connectivity index (χ0n) is 7.57. The molecule has 1 aromatic heterocycles. The maximum atomic E-state index is 10.4. The van der Waals surface area contributed by atoms with Crippen LogP contribution in [-0.2, 0) is 4.79 Å². The molecule has 1 rings (SSSR count). The Morgan fingerprint density at radius 2 is 2.50 bits per heavy atom. The molecule has 5 nitrogen and oxygen atoms in total. The highest BCUT2D eigenvalue weighted by Crippen LogP contribution is 2.08. The molecule has 0 radical (unpaired) electrons. The third-order valence-corrected chi connectivity index (χ3v) is 1.68. The molecular weight excluding hydrogens is 206 g/mol. The average Bonchev–Trinajstić information content (AvgIpc) is 2.01. The van der Waals surface area contributed by atoms with Crippen molar-refractivity contribution in [3.8, 4) is 0 Å². The second-order valence-electron chi connectivity index (χ2n) is 2.85. The van der Waals surface area contributed by atoms with E-state index in [1.807, 2.05) is 0 Å². The van der Waals surface area contributed by atoms with Gasteiger partial charge < -0.3 is 10.4 Å². The summed E-state index contributed by atoms with van der Waals surface area (Å²) in [4.78, 5) is 17.9. The van der Waals surface area contributed by atoms with E-state index in [0.717, 1.165) is 0 Å². The average molecular weight is 216 g/mol. The maximum absolute atomic E-state index is 10.4. The normalized spacial score (nSPS) is 12.1. The molecule has 2 N–H and O–H groups in total. The van der Waals surface area contributed by atoms with Crippen LogP contribution in [0.5, 0.6) is 0 Å². The van der Waals surface area contributed by atoms with Gasteiger partial charge in [0, 0.05) is 12.2 Å². The summed E-state index contributed by atoms with van der Waals surface area (Å²) in [5.41, 5.74) is 0. The smallest absolute Gasteiger partial charge is 0.305 e. The van der Waals surface area contributed by atoms with Crippen LogP contribution in [0.25, 0.3) is 0 Å². The van der Waals surface area contributed by atoms with E-state index in [4.69, 9.17) is 16.7 Å². The van der Waals surface area contributed by atoms with E-state index in [1.165, 1.54) is 6.20 Å². The highest BCUT2D eigenvalue weighted by molar-refractivity contribution is 6.28. The van der Waals surface area contributed by atoms with Gasteiger partial charge in [-0.1, -0.05) is 0 Å². The van der Waals surface area contributed by atoms with E-state index in [0.29, 0.717) is 5.82 Å². The number of nitrogens with zero attached hydrogens (tertiary/aromatic N) is 2. The first kappa shape index (κ1) is 10.7. The standard InChI is InChI=1S/C8H10ClN3O2/c1-5(4-7(13)14)11-6-2-3-10-8(9)12-6/h2-3,5H,4H2,1H3,(H,13,14)(H,10,11,12). The van der Waals surface area contributed by atoms with E-state index >= 15 is 0 Å². The number of hydrogen-bond acceptors (Lipinski definition) is 4. The Morgan fingerprint density at radius 3 is 3.07 bits per heavy atom. The molecule has 0 fully saturated rings. The first-order valence-electron chi connectivity index (χ1n) is 4.05. The fourth-order valence-corrected chi connectivity index (χ4v) is 1.13. The van der Waals surface area contributed by atoms with Gasteiger partial charge in [0.05, 0.1) is 6.42 Å². The molecule has 0 bridgehead atoms. The van der Waals surface area contributed by atoms with Gasteiger partial charge >= 0.3 is 5.97 Å². The fourth-order valence-electron chi connectivity index (χ4n) is 0.981. The minimum absolute atomic E-state index is 0.0294. The summed E-state index contributed by atoms with van der Waals surface area (Å²) >= 11 is 5.56. The Hall–Kier alpha value is -1.36. The monoisotopic (exact) mass is 215 g/mol. The van der Waals surface area contributed by atoms with Crippen molar-refractivity contribution in [1.29, 1.82) is 0 Å². The quantitative estimate of drug-likeness (QED) is 0.743. The molecule has 1 unspecified atom stereocenters. The first-order chi connectivity index (χ1) is 6.58. The summed E-state index contributed by atoms with van der Waals surface area (Å²) in [7, 11) is 0. The number of carbonyl (C=O) groups is 1. The molecule has 1 heterocycles. The summed E-state index contributed by atoms with van der Waals surface area (Å²) in [6, 6.07) is 1.43. The summed E-state index contributed by atoms with van der Waals surface area (Å²) in [6.45, 7) is 1.75. The number of aromatic nitrogens is 2. The number of carboxylic acids is 1. The van der Waals surface area contributed by atoms with Gasteiger partial charge in [-0.15, -0.1) is 0 Å². The molecule has 0 spiro atoms. The number of anilines is 1. The van der Waals surface area contributed by atoms with Crippen molar-refractivity contribution in [1.82, 2.24) is 9.97 Å². The number of rotatable bonds is 4. The van der Waals surface area contributed by atoms with Gasteiger partial charge in [-0.3, -0.25) is 4.79 Å². The Balaban J connectivity index is 2.55. The predicted molar refractivity (Wildman–Crippen MR) is 52.4 cm³/mol. The third-order valence-electron chi connectivity index (χ3n) is 1.50. The van der Waals surface area contributed by atoms with E-state index < -0.39 is 5.97 Å². The third kappa shape index (κ3) is 3.57. The number of carboxylic acid groups (broad SMARTS) is 1. The molecule has 0 aliphatic rings. The Bertz CT molecular complexity index is 332. The van der Waals surface area contributed by atoms with E-state index in [1.54, 1.807) is 13.0 Å². The van der Waals surface area contributed by atoms with Crippen molar-refractivity contribution >= 4 is 23.4 Å². The maximum Gasteiger partial charge on any atom is 0.305 e. The molecule has 1 atom stereocenters. The lowest BCUT2D eigenvalue weighted by molar-refractivity contribution is -0.137. The fraction of sp³-hybridized carbons (Fsp3) is 0.375. The molecule has 1 aromatic rings. The highest BCUT2D eigenvalue weighted by Gasteiger charge is 2.07. The Labute approximate surface area is 86.1 Å². The number of halogens is 1. The van der Waals surface area contributed by atoms with Gasteiger partial charge in [0.2, 0.25) is 5.28 Å². The van der Waals surface area contributed by atoms with Gasteiger partial charge in [0.15, 0.2) is 0 Å². The van der Waals surface area contributed by atoms with Gasteiger partial charge in [-0.2, -0.15) is 0 Å². The second-order valence-corrected chi connectivity index (χ2v) is 3.19. The van der Waals surface area contributed by atoms with Crippen molar-refractivity contribution in [2.75, 3.05) is 5.32 Å². The SMILES string of the molecule is CC(CC(=O)O)Nc1ccnc(Cl)n1. The van der Waals surface area contributed by atoms with Crippen molar-refractivity contribution in [2.45, 2.75) is 19.4 Å². The molecule has 0 saturated heterocycles. The van der Waals surface area contributed by atoms with Gasteiger partial charge in [-0.25, -0.2) is 9.97 Å². The van der Waals surface area contributed by atoms with Crippen LogP contribution in [0.4, 0.5) is 5.82 Å². The highest BCUT2D eigenvalue weighted by atomic mass is 35.5. The van der Waals surface area contributed by atoms with Crippen molar-refractivity contribution in [3.63, 3.8) is 0 Å². The molecule has 0 amide bonds. The molecule has 0 aliphatic carbocycles. The van der Waals surface area contributed by atoms with Crippen LogP contribution in [0.1, 0.15) is 13.3 Å². The number of nitrogens with one attached hydrogen (secondary N) is 1. The lowest BCUT2D eigenvalue weighted by atomic mass is 10.2. The summed E-state index contributed by atoms with van der Waals surface area (Å²) in [5, 5.41) is 11.6. The van der Waals surface area contributed by atoms with Crippen LogP contribution in [-0.4, -0.2) is 27.1 Å². The molecule has 0 saturated carbocycles.